The Kier molecular flexibility index (Phi) is 6.66. The first-order valence-electron chi connectivity index (χ1n) is 7.94. The fourth-order valence-corrected chi connectivity index (χ4v) is 2.61. The minimum absolute atomic E-state index is 0.00716. The smallest absolute Gasteiger partial charge is 0.262 e. The molecule has 1 atom stereocenters. The van der Waals surface area contributed by atoms with Gasteiger partial charge in [-0.05, 0) is 36.6 Å². The van der Waals surface area contributed by atoms with Gasteiger partial charge in [0.1, 0.15) is 11.6 Å². The Morgan fingerprint density at radius 3 is 2.48 bits per heavy atom. The summed E-state index contributed by atoms with van der Waals surface area (Å²) >= 11 is 0. The van der Waals surface area contributed by atoms with Crippen molar-refractivity contribution in [1.82, 2.24) is 5.32 Å². The molecule has 0 spiro atoms. The number of hydrogen-bond donors (Lipinski definition) is 1. The molecule has 0 aliphatic carbocycles. The summed E-state index contributed by atoms with van der Waals surface area (Å²) in [5, 5.41) is 12.0. The zero-order chi connectivity index (χ0) is 18.2. The number of nitriles is 1. The van der Waals surface area contributed by atoms with Crippen LogP contribution in [0.4, 0.5) is 0 Å². The van der Waals surface area contributed by atoms with Crippen molar-refractivity contribution >= 4 is 12.0 Å². The fourth-order valence-electron chi connectivity index (χ4n) is 2.61. The van der Waals surface area contributed by atoms with Crippen molar-refractivity contribution in [3.8, 4) is 23.3 Å². The summed E-state index contributed by atoms with van der Waals surface area (Å²) in [6.07, 6.45) is 3.41. The highest BCUT2D eigenvalue weighted by Gasteiger charge is 2.18. The van der Waals surface area contributed by atoms with Crippen LogP contribution in [-0.2, 0) is 9.53 Å². The minimum Gasteiger partial charge on any atom is -0.493 e. The SMILES string of the molecule is COc1cc(/C=C(/C#N)C(=O)NC[C@@H]2CCCO2)cc(OC)c1OC. The van der Waals surface area contributed by atoms with Crippen molar-refractivity contribution < 1.29 is 23.7 Å². The summed E-state index contributed by atoms with van der Waals surface area (Å²) in [7, 11) is 4.52. The van der Waals surface area contributed by atoms with Gasteiger partial charge in [0, 0.05) is 13.2 Å². The lowest BCUT2D eigenvalue weighted by Gasteiger charge is -2.13. The molecule has 0 aromatic heterocycles. The molecule has 0 unspecified atom stereocenters. The largest absolute Gasteiger partial charge is 0.493 e. The number of carbonyl (C=O) groups excluding carboxylic acids is 1. The third kappa shape index (κ3) is 4.64. The molecule has 134 valence electrons. The second kappa shape index (κ2) is 8.94. The lowest BCUT2D eigenvalue weighted by atomic mass is 10.1. The van der Waals surface area contributed by atoms with Crippen LogP contribution >= 0.6 is 0 Å². The van der Waals surface area contributed by atoms with Gasteiger partial charge < -0.3 is 24.3 Å². The molecule has 1 fully saturated rings. The summed E-state index contributed by atoms with van der Waals surface area (Å²) in [4.78, 5) is 12.2. The van der Waals surface area contributed by atoms with E-state index in [2.05, 4.69) is 5.32 Å². The van der Waals surface area contributed by atoms with Crippen molar-refractivity contribution in [2.75, 3.05) is 34.5 Å². The lowest BCUT2D eigenvalue weighted by molar-refractivity contribution is -0.117. The Morgan fingerprint density at radius 2 is 2.00 bits per heavy atom. The van der Waals surface area contributed by atoms with Crippen LogP contribution in [0.15, 0.2) is 17.7 Å². The third-order valence-electron chi connectivity index (χ3n) is 3.88. The number of carbonyl (C=O) groups is 1. The standard InChI is InChI=1S/C18H22N2O5/c1-22-15-8-12(9-16(23-2)17(15)24-3)7-13(10-19)18(21)20-11-14-5-4-6-25-14/h7-9,14H,4-6,11H2,1-3H3,(H,20,21)/b13-7-/t14-/m0/s1. The monoisotopic (exact) mass is 346 g/mol. The van der Waals surface area contributed by atoms with Gasteiger partial charge in [-0.3, -0.25) is 4.79 Å². The molecule has 7 heteroatoms. The van der Waals surface area contributed by atoms with Gasteiger partial charge in [-0.15, -0.1) is 0 Å². The van der Waals surface area contributed by atoms with Crippen LogP contribution in [0.25, 0.3) is 6.08 Å². The van der Waals surface area contributed by atoms with Gasteiger partial charge in [0.15, 0.2) is 11.5 Å². The zero-order valence-corrected chi connectivity index (χ0v) is 14.6. The van der Waals surface area contributed by atoms with Gasteiger partial charge in [-0.2, -0.15) is 5.26 Å². The van der Waals surface area contributed by atoms with E-state index in [0.29, 0.717) is 36.0 Å². The van der Waals surface area contributed by atoms with Gasteiger partial charge in [0.25, 0.3) is 5.91 Å². The van der Waals surface area contributed by atoms with E-state index in [9.17, 15) is 10.1 Å². The Labute approximate surface area is 147 Å². The van der Waals surface area contributed by atoms with E-state index in [1.807, 2.05) is 6.07 Å². The first kappa shape index (κ1) is 18.6. The Balaban J connectivity index is 2.20. The first-order valence-corrected chi connectivity index (χ1v) is 7.94. The average molecular weight is 346 g/mol. The minimum atomic E-state index is -0.438. The van der Waals surface area contributed by atoms with Crippen LogP contribution in [0.2, 0.25) is 0 Å². The van der Waals surface area contributed by atoms with Gasteiger partial charge >= 0.3 is 0 Å². The van der Waals surface area contributed by atoms with Crippen LogP contribution in [0.5, 0.6) is 17.2 Å². The molecule has 1 N–H and O–H groups in total. The van der Waals surface area contributed by atoms with Crippen LogP contribution in [0.1, 0.15) is 18.4 Å². The van der Waals surface area contributed by atoms with Crippen molar-refractivity contribution in [3.05, 3.63) is 23.3 Å². The van der Waals surface area contributed by atoms with Crippen LogP contribution in [0.3, 0.4) is 0 Å². The Morgan fingerprint density at radius 1 is 1.32 bits per heavy atom. The quantitative estimate of drug-likeness (QED) is 0.599. The number of rotatable bonds is 7. The summed E-state index contributed by atoms with van der Waals surface area (Å²) < 4.78 is 21.3. The molecule has 1 saturated heterocycles. The highest BCUT2D eigenvalue weighted by Crippen LogP contribution is 2.38. The second-order valence-electron chi connectivity index (χ2n) is 5.47. The molecule has 7 nitrogen and oxygen atoms in total. The molecule has 1 heterocycles. The molecule has 2 rings (SSSR count). The van der Waals surface area contributed by atoms with Gasteiger partial charge in [-0.25, -0.2) is 0 Å². The molecule has 1 aliphatic rings. The normalized spacial score (nSPS) is 16.9. The summed E-state index contributed by atoms with van der Waals surface area (Å²) in [6, 6.07) is 5.27. The Hall–Kier alpha value is -2.72. The maximum absolute atomic E-state index is 12.2. The lowest BCUT2D eigenvalue weighted by Crippen LogP contribution is -2.32. The molecule has 0 saturated carbocycles. The molecule has 0 bridgehead atoms. The number of amides is 1. The number of nitrogens with zero attached hydrogens (tertiary/aromatic N) is 1. The Bertz CT molecular complexity index is 662. The molecular weight excluding hydrogens is 324 g/mol. The van der Waals surface area contributed by atoms with E-state index < -0.39 is 5.91 Å². The third-order valence-corrected chi connectivity index (χ3v) is 3.88. The van der Waals surface area contributed by atoms with Crippen molar-refractivity contribution in [2.24, 2.45) is 0 Å². The molecule has 1 aliphatic heterocycles. The first-order chi connectivity index (χ1) is 12.1. The number of ether oxygens (including phenoxy) is 4. The highest BCUT2D eigenvalue weighted by molar-refractivity contribution is 6.01. The van der Waals surface area contributed by atoms with E-state index in [1.54, 1.807) is 12.1 Å². The van der Waals surface area contributed by atoms with Crippen molar-refractivity contribution in [3.63, 3.8) is 0 Å². The molecule has 1 aromatic carbocycles. The maximum atomic E-state index is 12.2. The van der Waals surface area contributed by atoms with E-state index in [4.69, 9.17) is 18.9 Å². The summed E-state index contributed by atoms with van der Waals surface area (Å²) in [5.74, 6) is 0.908. The topological polar surface area (TPSA) is 89.8 Å². The summed E-state index contributed by atoms with van der Waals surface area (Å²) in [5.41, 5.74) is 0.589. The second-order valence-corrected chi connectivity index (χ2v) is 5.47. The van der Waals surface area contributed by atoms with Crippen LogP contribution in [0, 0.1) is 11.3 Å². The molecule has 1 aromatic rings. The average Bonchev–Trinajstić information content (AvgIpc) is 3.16. The molecular formula is C18H22N2O5. The highest BCUT2D eigenvalue weighted by atomic mass is 16.5. The van der Waals surface area contributed by atoms with Gasteiger partial charge in [0.05, 0.1) is 27.4 Å². The summed E-state index contributed by atoms with van der Waals surface area (Å²) in [6.45, 7) is 1.11. The number of nitrogens with one attached hydrogen (secondary N) is 1. The van der Waals surface area contributed by atoms with E-state index in [1.165, 1.54) is 27.4 Å². The molecule has 1 amide bonds. The fraction of sp³-hybridized carbons (Fsp3) is 0.444. The predicted molar refractivity (Wildman–Crippen MR) is 91.7 cm³/mol. The van der Waals surface area contributed by atoms with Crippen LogP contribution in [-0.4, -0.2) is 46.5 Å². The van der Waals surface area contributed by atoms with E-state index in [-0.39, 0.29) is 11.7 Å². The molecule has 0 radical (unpaired) electrons. The maximum Gasteiger partial charge on any atom is 0.262 e. The van der Waals surface area contributed by atoms with Crippen LogP contribution < -0.4 is 19.5 Å². The zero-order valence-electron chi connectivity index (χ0n) is 14.6. The van der Waals surface area contributed by atoms with Gasteiger partial charge in [0.2, 0.25) is 5.75 Å². The van der Waals surface area contributed by atoms with E-state index in [0.717, 1.165) is 12.8 Å². The number of hydrogen-bond acceptors (Lipinski definition) is 6. The predicted octanol–water partition coefficient (Wildman–Crippen LogP) is 1.91. The van der Waals surface area contributed by atoms with E-state index >= 15 is 0 Å². The number of methoxy groups -OCH3 is 3. The van der Waals surface area contributed by atoms with Crippen molar-refractivity contribution in [2.45, 2.75) is 18.9 Å². The van der Waals surface area contributed by atoms with Gasteiger partial charge in [-0.1, -0.05) is 0 Å². The number of benzene rings is 1. The molecule has 25 heavy (non-hydrogen) atoms. The van der Waals surface area contributed by atoms with Crippen molar-refractivity contribution in [1.29, 1.82) is 5.26 Å².